The van der Waals surface area contributed by atoms with Crippen LogP contribution in [0.25, 0.3) is 0 Å². The van der Waals surface area contributed by atoms with Crippen LogP contribution in [0.15, 0.2) is 21.5 Å². The Kier molecular flexibility index (Phi) is 4.96. The topological polar surface area (TPSA) is 92.4 Å². The van der Waals surface area contributed by atoms with E-state index in [2.05, 4.69) is 20.7 Å². The van der Waals surface area contributed by atoms with Gasteiger partial charge < -0.3 is 10.8 Å². The van der Waals surface area contributed by atoms with E-state index in [-0.39, 0.29) is 20.1 Å². The number of aliphatic hydroxyl groups is 1. The number of sulfonamides is 1. The summed E-state index contributed by atoms with van der Waals surface area (Å²) in [6.45, 7) is 0. The Balaban J connectivity index is 2.31. The van der Waals surface area contributed by atoms with Crippen LogP contribution in [-0.4, -0.2) is 25.7 Å². The number of halogens is 2. The van der Waals surface area contributed by atoms with Gasteiger partial charge in [-0.2, -0.15) is 0 Å². The zero-order valence-electron chi connectivity index (χ0n) is 10.6. The van der Waals surface area contributed by atoms with E-state index in [0.717, 1.165) is 12.8 Å². The fraction of sp³-hybridized carbons (Fsp3) is 0.500. The van der Waals surface area contributed by atoms with E-state index in [1.54, 1.807) is 0 Å². The van der Waals surface area contributed by atoms with Crippen molar-refractivity contribution < 1.29 is 13.5 Å². The van der Waals surface area contributed by atoms with Gasteiger partial charge in [-0.25, -0.2) is 13.1 Å². The summed E-state index contributed by atoms with van der Waals surface area (Å²) in [6.07, 6.45) is 2.37. The predicted octanol–water partition coefficient (Wildman–Crippen LogP) is 2.27. The molecule has 112 valence electrons. The average Bonchev–Trinajstić information content (AvgIpc) is 2.36. The van der Waals surface area contributed by atoms with Crippen molar-refractivity contribution in [3.8, 4) is 0 Å². The highest BCUT2D eigenvalue weighted by molar-refractivity contribution is 9.10. The molecular weight excluding hydrogens is 368 g/mol. The third kappa shape index (κ3) is 3.46. The first-order valence-corrected chi connectivity index (χ1v) is 8.91. The number of hydrogen-bond acceptors (Lipinski definition) is 4. The van der Waals surface area contributed by atoms with E-state index in [4.69, 9.17) is 17.3 Å². The minimum Gasteiger partial charge on any atom is -0.398 e. The van der Waals surface area contributed by atoms with E-state index in [0.29, 0.717) is 12.8 Å². The van der Waals surface area contributed by atoms with Gasteiger partial charge in [0, 0.05) is 16.8 Å². The van der Waals surface area contributed by atoms with Crippen LogP contribution >= 0.6 is 27.5 Å². The smallest absolute Gasteiger partial charge is 0.242 e. The Labute approximate surface area is 131 Å². The molecule has 5 nitrogen and oxygen atoms in total. The van der Waals surface area contributed by atoms with Crippen molar-refractivity contribution >= 4 is 43.2 Å². The minimum absolute atomic E-state index is 0.0136. The highest BCUT2D eigenvalue weighted by Gasteiger charge is 2.29. The molecule has 0 aromatic heterocycles. The molecule has 1 aromatic carbocycles. The molecule has 4 N–H and O–H groups in total. The van der Waals surface area contributed by atoms with Crippen LogP contribution < -0.4 is 10.5 Å². The molecule has 8 heteroatoms. The summed E-state index contributed by atoms with van der Waals surface area (Å²) in [4.78, 5) is -0.0136. The number of hydrogen-bond donors (Lipinski definition) is 3. The van der Waals surface area contributed by atoms with Crippen LogP contribution in [0.1, 0.15) is 25.7 Å². The molecule has 0 spiro atoms. The average molecular weight is 384 g/mol. The molecule has 2 atom stereocenters. The number of anilines is 1. The quantitative estimate of drug-likeness (QED) is 0.698. The van der Waals surface area contributed by atoms with Gasteiger partial charge in [-0.3, -0.25) is 0 Å². The molecule has 1 fully saturated rings. The maximum atomic E-state index is 12.4. The third-order valence-electron chi connectivity index (χ3n) is 3.36. The maximum Gasteiger partial charge on any atom is 0.242 e. The van der Waals surface area contributed by atoms with E-state index in [1.165, 1.54) is 12.1 Å². The Morgan fingerprint density at radius 1 is 1.35 bits per heavy atom. The SMILES string of the molecule is Nc1cc(Cl)cc(S(=O)(=O)N[C@@H]2CCCC[C@H]2O)c1Br. The molecule has 0 aliphatic heterocycles. The van der Waals surface area contributed by atoms with Gasteiger partial charge in [-0.15, -0.1) is 0 Å². The first-order valence-electron chi connectivity index (χ1n) is 6.26. The van der Waals surface area contributed by atoms with Gasteiger partial charge in [0.1, 0.15) is 0 Å². The van der Waals surface area contributed by atoms with Crippen LogP contribution in [0.3, 0.4) is 0 Å². The number of benzene rings is 1. The van der Waals surface area contributed by atoms with Crippen LogP contribution in [0, 0.1) is 0 Å². The van der Waals surface area contributed by atoms with Crippen LogP contribution in [-0.2, 0) is 10.0 Å². The normalized spacial score (nSPS) is 23.8. The molecule has 1 aliphatic carbocycles. The number of rotatable bonds is 3. The van der Waals surface area contributed by atoms with Gasteiger partial charge in [0.05, 0.1) is 15.5 Å². The molecule has 0 unspecified atom stereocenters. The zero-order chi connectivity index (χ0) is 14.9. The number of nitrogen functional groups attached to an aromatic ring is 1. The Morgan fingerprint density at radius 3 is 2.65 bits per heavy atom. The lowest BCUT2D eigenvalue weighted by Gasteiger charge is -2.28. The molecule has 0 saturated heterocycles. The number of nitrogens with one attached hydrogen (secondary N) is 1. The highest BCUT2D eigenvalue weighted by atomic mass is 79.9. The Morgan fingerprint density at radius 2 is 2.00 bits per heavy atom. The Hall–Kier alpha value is -0.340. The van der Waals surface area contributed by atoms with Gasteiger partial charge in [-0.05, 0) is 40.9 Å². The van der Waals surface area contributed by atoms with Crippen LogP contribution in [0.2, 0.25) is 5.02 Å². The maximum absolute atomic E-state index is 12.4. The van der Waals surface area contributed by atoms with Crippen molar-refractivity contribution in [1.82, 2.24) is 4.72 Å². The molecular formula is C12H16BrClN2O3S. The molecule has 0 heterocycles. The third-order valence-corrected chi connectivity index (χ3v) is 6.24. The second-order valence-corrected chi connectivity index (χ2v) is 7.80. The fourth-order valence-electron chi connectivity index (χ4n) is 2.29. The first-order chi connectivity index (χ1) is 9.31. The largest absolute Gasteiger partial charge is 0.398 e. The van der Waals surface area contributed by atoms with Gasteiger partial charge in [-0.1, -0.05) is 24.4 Å². The molecule has 2 rings (SSSR count). The van der Waals surface area contributed by atoms with Crippen molar-refractivity contribution in [2.24, 2.45) is 0 Å². The molecule has 1 saturated carbocycles. The lowest BCUT2D eigenvalue weighted by Crippen LogP contribution is -2.45. The van der Waals surface area contributed by atoms with Crippen LogP contribution in [0.5, 0.6) is 0 Å². The second kappa shape index (κ2) is 6.19. The molecule has 1 aliphatic rings. The summed E-state index contributed by atoms with van der Waals surface area (Å²) < 4.78 is 27.6. The van der Waals surface area contributed by atoms with Gasteiger partial charge >= 0.3 is 0 Å². The molecule has 20 heavy (non-hydrogen) atoms. The number of aliphatic hydroxyl groups excluding tert-OH is 1. The van der Waals surface area contributed by atoms with Crippen molar-refractivity contribution in [3.63, 3.8) is 0 Å². The molecule has 0 radical (unpaired) electrons. The Bertz CT molecular complexity index is 609. The van der Waals surface area contributed by atoms with E-state index in [1.807, 2.05) is 0 Å². The summed E-state index contributed by atoms with van der Waals surface area (Å²) in [5.41, 5.74) is 5.96. The molecule has 0 amide bonds. The lowest BCUT2D eigenvalue weighted by molar-refractivity contribution is 0.101. The standard InChI is InChI=1S/C12H16BrClN2O3S/c13-12-8(15)5-7(14)6-11(12)20(18,19)16-9-3-1-2-4-10(9)17/h5-6,9-10,16-17H,1-4,15H2/t9-,10-/m1/s1. The zero-order valence-corrected chi connectivity index (χ0v) is 13.8. The lowest BCUT2D eigenvalue weighted by atomic mass is 9.93. The summed E-state index contributed by atoms with van der Waals surface area (Å²) in [7, 11) is -3.79. The number of nitrogens with two attached hydrogens (primary N) is 1. The second-order valence-electron chi connectivity index (χ2n) is 4.89. The van der Waals surface area contributed by atoms with E-state index in [9.17, 15) is 13.5 Å². The van der Waals surface area contributed by atoms with Gasteiger partial charge in [0.15, 0.2) is 0 Å². The summed E-state index contributed by atoms with van der Waals surface area (Å²) in [5, 5.41) is 10.1. The first kappa shape index (κ1) is 16.0. The summed E-state index contributed by atoms with van der Waals surface area (Å²) in [6, 6.07) is 2.33. The van der Waals surface area contributed by atoms with Gasteiger partial charge in [0.25, 0.3) is 0 Å². The van der Waals surface area contributed by atoms with Crippen molar-refractivity contribution in [2.75, 3.05) is 5.73 Å². The monoisotopic (exact) mass is 382 g/mol. The van der Waals surface area contributed by atoms with Crippen molar-refractivity contribution in [2.45, 2.75) is 42.7 Å². The summed E-state index contributed by atoms with van der Waals surface area (Å²) in [5.74, 6) is 0. The van der Waals surface area contributed by atoms with E-state index >= 15 is 0 Å². The van der Waals surface area contributed by atoms with Crippen LogP contribution in [0.4, 0.5) is 5.69 Å². The molecule has 0 bridgehead atoms. The minimum atomic E-state index is -3.79. The highest BCUT2D eigenvalue weighted by Crippen LogP contribution is 2.32. The van der Waals surface area contributed by atoms with Crippen molar-refractivity contribution in [1.29, 1.82) is 0 Å². The summed E-state index contributed by atoms with van der Waals surface area (Å²) >= 11 is 9.02. The molecule has 1 aromatic rings. The predicted molar refractivity (Wildman–Crippen MR) is 82.1 cm³/mol. The van der Waals surface area contributed by atoms with Crippen molar-refractivity contribution in [3.05, 3.63) is 21.6 Å². The van der Waals surface area contributed by atoms with Gasteiger partial charge in [0.2, 0.25) is 10.0 Å². The van der Waals surface area contributed by atoms with E-state index < -0.39 is 22.2 Å². The fourth-order valence-corrected chi connectivity index (χ4v) is 4.89.